The molecule has 1 aliphatic rings. The summed E-state index contributed by atoms with van der Waals surface area (Å²) >= 11 is 1.10. The summed E-state index contributed by atoms with van der Waals surface area (Å²) in [6.07, 6.45) is -0.711. The summed E-state index contributed by atoms with van der Waals surface area (Å²) < 4.78 is 15.0. The molecule has 0 radical (unpaired) electrons. The molecule has 0 saturated carbocycles. The van der Waals surface area contributed by atoms with Gasteiger partial charge in [0.1, 0.15) is 6.61 Å². The van der Waals surface area contributed by atoms with Crippen LogP contribution >= 0.6 is 11.8 Å². The first-order valence-electron chi connectivity index (χ1n) is 7.25. The van der Waals surface area contributed by atoms with Crippen LogP contribution in [0, 0.1) is 0 Å². The Labute approximate surface area is 149 Å². The summed E-state index contributed by atoms with van der Waals surface area (Å²) in [6, 6.07) is 9.06. The van der Waals surface area contributed by atoms with Gasteiger partial charge in [0, 0.05) is 11.9 Å². The minimum atomic E-state index is -0.711. The Balaban J connectivity index is 2.45. The molecule has 0 aliphatic heterocycles. The van der Waals surface area contributed by atoms with Gasteiger partial charge >= 0.3 is 6.09 Å². The number of nitrogens with one attached hydrogen (secondary N) is 1. The van der Waals surface area contributed by atoms with Crippen molar-refractivity contribution in [2.45, 2.75) is 4.90 Å². The zero-order valence-corrected chi connectivity index (χ0v) is 14.8. The lowest BCUT2D eigenvalue weighted by molar-refractivity contribution is -0.121. The summed E-state index contributed by atoms with van der Waals surface area (Å²) in [5.41, 5.74) is 0.0418. The van der Waals surface area contributed by atoms with Crippen LogP contribution in [0.15, 0.2) is 57.2 Å². The number of allylic oxidation sites excluding steroid dienone is 2. The lowest BCUT2D eigenvalue weighted by Crippen LogP contribution is -2.29. The highest BCUT2D eigenvalue weighted by Gasteiger charge is 2.37. The van der Waals surface area contributed by atoms with Crippen molar-refractivity contribution in [3.63, 3.8) is 0 Å². The third kappa shape index (κ3) is 4.03. The molecule has 2 rings (SSSR count). The molecule has 1 amide bonds. The fraction of sp³-hybridized carbons (Fsp3) is 0.235. The first-order valence-corrected chi connectivity index (χ1v) is 8.07. The molecule has 0 saturated heterocycles. The molecule has 1 aliphatic carbocycles. The number of hydrogen-bond donors (Lipinski definition) is 1. The zero-order chi connectivity index (χ0) is 18.4. The van der Waals surface area contributed by atoms with Crippen LogP contribution in [0.1, 0.15) is 0 Å². The van der Waals surface area contributed by atoms with Crippen LogP contribution in [0.3, 0.4) is 0 Å². The van der Waals surface area contributed by atoms with E-state index in [4.69, 9.17) is 14.2 Å². The van der Waals surface area contributed by atoms with E-state index in [0.29, 0.717) is 0 Å². The predicted octanol–water partition coefficient (Wildman–Crippen LogP) is 2.04. The minimum absolute atomic E-state index is 0.0418. The molecule has 132 valence electrons. The van der Waals surface area contributed by atoms with E-state index >= 15 is 0 Å². The van der Waals surface area contributed by atoms with Crippen molar-refractivity contribution >= 4 is 29.4 Å². The van der Waals surface area contributed by atoms with Crippen LogP contribution in [-0.4, -0.2) is 45.5 Å². The fourth-order valence-electron chi connectivity index (χ4n) is 2.11. The molecule has 0 unspecified atom stereocenters. The maximum atomic E-state index is 12.8. The van der Waals surface area contributed by atoms with E-state index in [2.05, 4.69) is 5.32 Å². The van der Waals surface area contributed by atoms with E-state index in [1.165, 1.54) is 21.3 Å². The van der Waals surface area contributed by atoms with E-state index in [-0.39, 0.29) is 28.6 Å². The van der Waals surface area contributed by atoms with Crippen LogP contribution in [0.2, 0.25) is 0 Å². The number of hydrogen-bond acceptors (Lipinski definition) is 7. The van der Waals surface area contributed by atoms with Crippen molar-refractivity contribution in [1.29, 1.82) is 0 Å². The smallest absolute Gasteiger partial charge is 0.407 e. The van der Waals surface area contributed by atoms with E-state index in [1.54, 1.807) is 12.1 Å². The van der Waals surface area contributed by atoms with Crippen LogP contribution in [0.4, 0.5) is 4.79 Å². The Bertz CT molecular complexity index is 754. The van der Waals surface area contributed by atoms with Crippen molar-refractivity contribution in [3.05, 3.63) is 52.3 Å². The highest BCUT2D eigenvalue weighted by atomic mass is 32.2. The molecule has 1 N–H and O–H groups in total. The van der Waals surface area contributed by atoms with Gasteiger partial charge < -0.3 is 19.5 Å². The van der Waals surface area contributed by atoms with Gasteiger partial charge in [-0.2, -0.15) is 0 Å². The number of carbonyl (C=O) groups excluding carboxylic acids is 3. The van der Waals surface area contributed by atoms with Crippen LogP contribution < -0.4 is 5.32 Å². The molecule has 0 atom stereocenters. The molecule has 7 nitrogen and oxygen atoms in total. The van der Waals surface area contributed by atoms with Gasteiger partial charge in [0.15, 0.2) is 0 Å². The SMILES string of the molecule is CNC(=O)OCC1=C(Sc2ccccc2)C(=O)C(OC)=C(OC)C1=O. The van der Waals surface area contributed by atoms with E-state index in [1.807, 2.05) is 18.2 Å². The number of carbonyl (C=O) groups is 3. The fourth-order valence-corrected chi connectivity index (χ4v) is 3.10. The standard InChI is InChI=1S/C17H17NO6S/c1-18-17(21)24-9-11-12(19)14(22-2)15(23-3)13(20)16(11)25-10-7-5-4-6-8-10/h4-8H,9H2,1-3H3,(H,18,21). The first-order chi connectivity index (χ1) is 12.0. The molecule has 1 aromatic carbocycles. The second kappa shape index (κ2) is 8.39. The summed E-state index contributed by atoms with van der Waals surface area (Å²) in [5, 5.41) is 2.29. The molecule has 25 heavy (non-hydrogen) atoms. The van der Waals surface area contributed by atoms with Gasteiger partial charge in [0.2, 0.25) is 23.1 Å². The van der Waals surface area contributed by atoms with E-state index in [0.717, 1.165) is 16.7 Å². The van der Waals surface area contributed by atoms with Crippen LogP contribution in [0.5, 0.6) is 0 Å². The third-order valence-electron chi connectivity index (χ3n) is 3.30. The summed E-state index contributed by atoms with van der Waals surface area (Å²) in [7, 11) is 3.95. The first kappa shape index (κ1) is 18.6. The quantitative estimate of drug-likeness (QED) is 0.774. The second-order valence-corrected chi connectivity index (χ2v) is 5.86. The zero-order valence-electron chi connectivity index (χ0n) is 14.0. The van der Waals surface area contributed by atoms with Crippen molar-refractivity contribution in [3.8, 4) is 0 Å². The molecule has 0 heterocycles. The third-order valence-corrected chi connectivity index (χ3v) is 4.44. The Morgan fingerprint density at radius 2 is 1.64 bits per heavy atom. The summed E-state index contributed by atoms with van der Waals surface area (Å²) in [5.74, 6) is -1.43. The van der Waals surface area contributed by atoms with Gasteiger partial charge in [-0.15, -0.1) is 0 Å². The maximum Gasteiger partial charge on any atom is 0.407 e. The number of Topliss-reactive ketones (excluding diaryl/α,β-unsaturated/α-hetero) is 2. The predicted molar refractivity (Wildman–Crippen MR) is 90.8 cm³/mol. The Morgan fingerprint density at radius 1 is 1.04 bits per heavy atom. The number of thioether (sulfide) groups is 1. The van der Waals surface area contributed by atoms with Gasteiger partial charge in [-0.25, -0.2) is 4.79 Å². The highest BCUT2D eigenvalue weighted by Crippen LogP contribution is 2.36. The number of benzene rings is 1. The topological polar surface area (TPSA) is 90.9 Å². The molecule has 0 aromatic heterocycles. The summed E-state index contributed by atoms with van der Waals surface area (Å²) in [4.78, 5) is 37.7. The largest absolute Gasteiger partial charge is 0.489 e. The van der Waals surface area contributed by atoms with Crippen molar-refractivity contribution < 1.29 is 28.6 Å². The lowest BCUT2D eigenvalue weighted by Gasteiger charge is -2.21. The molecule has 1 aromatic rings. The lowest BCUT2D eigenvalue weighted by atomic mass is 10.0. The van der Waals surface area contributed by atoms with Crippen molar-refractivity contribution in [1.82, 2.24) is 5.32 Å². The van der Waals surface area contributed by atoms with Crippen molar-refractivity contribution in [2.75, 3.05) is 27.9 Å². The molecule has 8 heteroatoms. The minimum Gasteiger partial charge on any atom is -0.489 e. The highest BCUT2D eigenvalue weighted by molar-refractivity contribution is 8.04. The molecular formula is C17H17NO6S. The average Bonchev–Trinajstić information content (AvgIpc) is 2.64. The van der Waals surface area contributed by atoms with Crippen LogP contribution in [0.25, 0.3) is 0 Å². The van der Waals surface area contributed by atoms with E-state index < -0.39 is 17.7 Å². The Hall–Kier alpha value is -2.74. The number of ketones is 2. The Morgan fingerprint density at radius 3 is 2.20 bits per heavy atom. The van der Waals surface area contributed by atoms with Crippen molar-refractivity contribution in [2.24, 2.45) is 0 Å². The number of methoxy groups -OCH3 is 2. The van der Waals surface area contributed by atoms with Gasteiger partial charge in [-0.3, -0.25) is 9.59 Å². The molecule has 0 spiro atoms. The van der Waals surface area contributed by atoms with Gasteiger partial charge in [-0.1, -0.05) is 30.0 Å². The number of amides is 1. The molecule has 0 fully saturated rings. The monoisotopic (exact) mass is 363 g/mol. The molecular weight excluding hydrogens is 346 g/mol. The Kier molecular flexibility index (Phi) is 6.24. The van der Waals surface area contributed by atoms with Gasteiger partial charge in [-0.05, 0) is 12.1 Å². The molecule has 0 bridgehead atoms. The van der Waals surface area contributed by atoms with E-state index in [9.17, 15) is 14.4 Å². The number of rotatable bonds is 6. The summed E-state index contributed by atoms with van der Waals surface area (Å²) in [6.45, 7) is -0.358. The number of ether oxygens (including phenoxy) is 3. The van der Waals surface area contributed by atoms with Crippen LogP contribution in [-0.2, 0) is 23.8 Å². The maximum absolute atomic E-state index is 12.8. The number of alkyl carbamates (subject to hydrolysis) is 1. The normalized spacial score (nSPS) is 14.5. The second-order valence-electron chi connectivity index (χ2n) is 4.77. The average molecular weight is 363 g/mol. The van der Waals surface area contributed by atoms with Gasteiger partial charge in [0.25, 0.3) is 0 Å². The van der Waals surface area contributed by atoms with Gasteiger partial charge in [0.05, 0.1) is 24.7 Å².